The molecule has 0 atom stereocenters. The Morgan fingerprint density at radius 3 is 2.56 bits per heavy atom. The third kappa shape index (κ3) is 1.91. The summed E-state index contributed by atoms with van der Waals surface area (Å²) in [6.45, 7) is 0. The number of carbonyl (C=O) groups excluding carboxylic acids is 1. The van der Waals surface area contributed by atoms with Gasteiger partial charge < -0.3 is 0 Å². The van der Waals surface area contributed by atoms with E-state index in [1.807, 2.05) is 54.6 Å². The van der Waals surface area contributed by atoms with E-state index in [2.05, 4.69) is 4.98 Å². The summed E-state index contributed by atoms with van der Waals surface area (Å²) in [6.07, 6.45) is 1.98. The molecule has 3 nitrogen and oxygen atoms in total. The summed E-state index contributed by atoms with van der Waals surface area (Å²) in [5.74, 6) is 0.0369. The molecular weight excluding hydrogens is 224 g/mol. The van der Waals surface area contributed by atoms with Crippen molar-refractivity contribution in [2.75, 3.05) is 0 Å². The number of aromatic nitrogens is 2. The highest BCUT2D eigenvalue weighted by molar-refractivity contribution is 5.91. The smallest absolute Gasteiger partial charge is 0.236 e. The van der Waals surface area contributed by atoms with Crippen LogP contribution in [0, 0.1) is 0 Å². The van der Waals surface area contributed by atoms with Crippen LogP contribution in [-0.4, -0.2) is 15.5 Å². The topological polar surface area (TPSA) is 34.9 Å². The van der Waals surface area contributed by atoms with Gasteiger partial charge in [-0.05, 0) is 17.7 Å². The van der Waals surface area contributed by atoms with Crippen LogP contribution in [0.1, 0.15) is 10.4 Å². The van der Waals surface area contributed by atoms with E-state index in [4.69, 9.17) is 0 Å². The fourth-order valence-electron chi connectivity index (χ4n) is 2.01. The van der Waals surface area contributed by atoms with Crippen molar-refractivity contribution in [3.63, 3.8) is 0 Å². The van der Waals surface area contributed by atoms with Crippen molar-refractivity contribution in [2.45, 2.75) is 6.42 Å². The molecule has 0 saturated heterocycles. The van der Waals surface area contributed by atoms with E-state index in [1.165, 1.54) is 0 Å². The van der Waals surface area contributed by atoms with Crippen LogP contribution in [-0.2, 0) is 6.42 Å². The molecule has 2 aromatic carbocycles. The number of benzene rings is 2. The lowest BCUT2D eigenvalue weighted by atomic mass is 10.1. The SMILES string of the molecule is O=C(Cc1ccccc1)n1cnc2ccccc21. The third-order valence-electron chi connectivity index (χ3n) is 2.92. The predicted octanol–water partition coefficient (Wildman–Crippen LogP) is 2.92. The number of nitrogens with zero attached hydrogens (tertiary/aromatic N) is 2. The standard InChI is InChI=1S/C15H12N2O/c18-15(10-12-6-2-1-3-7-12)17-11-16-13-8-4-5-9-14(13)17/h1-9,11H,10H2. The van der Waals surface area contributed by atoms with E-state index >= 15 is 0 Å². The molecule has 0 spiro atoms. The fourth-order valence-corrected chi connectivity index (χ4v) is 2.01. The minimum absolute atomic E-state index is 0.0369. The Kier molecular flexibility index (Phi) is 2.65. The Morgan fingerprint density at radius 1 is 1.00 bits per heavy atom. The van der Waals surface area contributed by atoms with Gasteiger partial charge in [-0.15, -0.1) is 0 Å². The molecule has 0 aliphatic carbocycles. The highest BCUT2D eigenvalue weighted by Gasteiger charge is 2.09. The second-order valence-electron chi connectivity index (χ2n) is 4.16. The quantitative estimate of drug-likeness (QED) is 0.685. The fraction of sp³-hybridized carbons (Fsp3) is 0.0667. The van der Waals surface area contributed by atoms with Gasteiger partial charge in [0, 0.05) is 0 Å². The van der Waals surface area contributed by atoms with Crippen molar-refractivity contribution in [3.05, 3.63) is 66.5 Å². The van der Waals surface area contributed by atoms with Crippen molar-refractivity contribution in [1.29, 1.82) is 0 Å². The van der Waals surface area contributed by atoms with E-state index in [-0.39, 0.29) is 5.91 Å². The van der Waals surface area contributed by atoms with Gasteiger partial charge in [0.2, 0.25) is 5.91 Å². The van der Waals surface area contributed by atoms with Crippen molar-refractivity contribution in [1.82, 2.24) is 9.55 Å². The normalized spacial score (nSPS) is 10.7. The van der Waals surface area contributed by atoms with Crippen molar-refractivity contribution in [3.8, 4) is 0 Å². The Labute approximate surface area is 105 Å². The van der Waals surface area contributed by atoms with Gasteiger partial charge in [-0.2, -0.15) is 0 Å². The summed E-state index contributed by atoms with van der Waals surface area (Å²) < 4.78 is 1.61. The van der Waals surface area contributed by atoms with E-state index in [1.54, 1.807) is 10.9 Å². The lowest BCUT2D eigenvalue weighted by molar-refractivity contribution is 0.0919. The molecule has 0 saturated carbocycles. The van der Waals surface area contributed by atoms with Gasteiger partial charge in [-0.1, -0.05) is 42.5 Å². The average Bonchev–Trinajstić information content (AvgIpc) is 2.84. The van der Waals surface area contributed by atoms with Gasteiger partial charge >= 0.3 is 0 Å². The van der Waals surface area contributed by atoms with Gasteiger partial charge in [-0.3, -0.25) is 9.36 Å². The molecule has 18 heavy (non-hydrogen) atoms. The Balaban J connectivity index is 1.93. The highest BCUT2D eigenvalue weighted by atomic mass is 16.2. The summed E-state index contributed by atoms with van der Waals surface area (Å²) in [7, 11) is 0. The maximum absolute atomic E-state index is 12.2. The Bertz CT molecular complexity index is 686. The number of imidazole rings is 1. The lowest BCUT2D eigenvalue weighted by Gasteiger charge is -2.03. The van der Waals surface area contributed by atoms with Gasteiger partial charge in [0.25, 0.3) is 0 Å². The first-order chi connectivity index (χ1) is 8.84. The number of fused-ring (bicyclic) bond motifs is 1. The van der Waals surface area contributed by atoms with E-state index in [0.717, 1.165) is 16.6 Å². The van der Waals surface area contributed by atoms with Crippen LogP contribution in [0.5, 0.6) is 0 Å². The molecule has 0 bridgehead atoms. The number of rotatable bonds is 2. The zero-order chi connectivity index (χ0) is 12.4. The molecule has 88 valence electrons. The maximum atomic E-state index is 12.2. The average molecular weight is 236 g/mol. The summed E-state index contributed by atoms with van der Waals surface area (Å²) in [4.78, 5) is 16.4. The third-order valence-corrected chi connectivity index (χ3v) is 2.92. The van der Waals surface area contributed by atoms with Crippen LogP contribution >= 0.6 is 0 Å². The van der Waals surface area contributed by atoms with Crippen molar-refractivity contribution >= 4 is 16.9 Å². The van der Waals surface area contributed by atoms with Crippen LogP contribution < -0.4 is 0 Å². The van der Waals surface area contributed by atoms with E-state index in [0.29, 0.717) is 6.42 Å². The zero-order valence-corrected chi connectivity index (χ0v) is 9.78. The number of hydrogen-bond acceptors (Lipinski definition) is 2. The largest absolute Gasteiger partial charge is 0.274 e. The first kappa shape index (κ1) is 10.7. The monoisotopic (exact) mass is 236 g/mol. The van der Waals surface area contributed by atoms with Crippen LogP contribution in [0.15, 0.2) is 60.9 Å². The van der Waals surface area contributed by atoms with Crippen molar-refractivity contribution in [2.24, 2.45) is 0 Å². The summed E-state index contributed by atoms with van der Waals surface area (Å²) in [6, 6.07) is 17.4. The molecule has 0 radical (unpaired) electrons. The molecule has 0 amide bonds. The van der Waals surface area contributed by atoms with Crippen molar-refractivity contribution < 1.29 is 4.79 Å². The lowest BCUT2D eigenvalue weighted by Crippen LogP contribution is -2.12. The Hall–Kier alpha value is -2.42. The number of carbonyl (C=O) groups is 1. The summed E-state index contributed by atoms with van der Waals surface area (Å²) >= 11 is 0. The number of hydrogen-bond donors (Lipinski definition) is 0. The van der Waals surface area contributed by atoms with Crippen LogP contribution in [0.4, 0.5) is 0 Å². The second-order valence-corrected chi connectivity index (χ2v) is 4.16. The molecule has 0 fully saturated rings. The minimum atomic E-state index is 0.0369. The highest BCUT2D eigenvalue weighted by Crippen LogP contribution is 2.12. The second kappa shape index (κ2) is 4.45. The maximum Gasteiger partial charge on any atom is 0.236 e. The van der Waals surface area contributed by atoms with Crippen LogP contribution in [0.3, 0.4) is 0 Å². The number of para-hydroxylation sites is 2. The predicted molar refractivity (Wildman–Crippen MR) is 70.5 cm³/mol. The van der Waals surface area contributed by atoms with Gasteiger partial charge in [0.1, 0.15) is 6.33 Å². The van der Waals surface area contributed by atoms with E-state index < -0.39 is 0 Å². The molecule has 1 heterocycles. The van der Waals surface area contributed by atoms with Gasteiger partial charge in [0.05, 0.1) is 17.5 Å². The summed E-state index contributed by atoms with van der Waals surface area (Å²) in [5.41, 5.74) is 2.72. The van der Waals surface area contributed by atoms with Gasteiger partial charge in [0.15, 0.2) is 0 Å². The molecular formula is C15H12N2O. The first-order valence-corrected chi connectivity index (χ1v) is 5.84. The van der Waals surface area contributed by atoms with Gasteiger partial charge in [-0.25, -0.2) is 4.98 Å². The minimum Gasteiger partial charge on any atom is -0.274 e. The Morgan fingerprint density at radius 2 is 1.72 bits per heavy atom. The molecule has 0 unspecified atom stereocenters. The molecule has 3 rings (SSSR count). The van der Waals surface area contributed by atoms with Crippen LogP contribution in [0.25, 0.3) is 11.0 Å². The van der Waals surface area contributed by atoms with Crippen LogP contribution in [0.2, 0.25) is 0 Å². The molecule has 0 aliphatic rings. The van der Waals surface area contributed by atoms with E-state index in [9.17, 15) is 4.79 Å². The summed E-state index contributed by atoms with van der Waals surface area (Å²) in [5, 5.41) is 0. The molecule has 3 aromatic rings. The molecule has 0 N–H and O–H groups in total. The first-order valence-electron chi connectivity index (χ1n) is 5.84. The molecule has 0 aliphatic heterocycles. The molecule has 1 aromatic heterocycles. The zero-order valence-electron chi connectivity index (χ0n) is 9.78. The molecule has 3 heteroatoms.